The molecule has 0 spiro atoms. The average Bonchev–Trinajstić information content (AvgIpc) is 2.90. The lowest BCUT2D eigenvalue weighted by Crippen LogP contribution is -2.50. The third kappa shape index (κ3) is 7.54. The Balaban J connectivity index is 1.46. The van der Waals surface area contributed by atoms with E-state index in [2.05, 4.69) is 28.9 Å². The Hall–Kier alpha value is -3.97. The molecule has 5 N–H and O–H groups in total. The van der Waals surface area contributed by atoms with Crippen molar-refractivity contribution in [2.75, 3.05) is 37.2 Å². The number of nitrogens with two attached hydrogens (primary N) is 1. The predicted molar refractivity (Wildman–Crippen MR) is 145 cm³/mol. The Bertz CT molecular complexity index is 1270. The number of allylic oxidation sites excluding steroid dienone is 4. The number of phenolic OH excluding ortho intramolecular Hbond substituents is 1. The number of benzene rings is 2. The monoisotopic (exact) mass is 539 g/mol. The van der Waals surface area contributed by atoms with Crippen molar-refractivity contribution in [3.05, 3.63) is 71.8 Å². The molecule has 2 aromatic carbocycles. The molecule has 0 saturated carbocycles. The number of likely N-dealkylation sites (tertiary alicyclic amines) is 1. The molecule has 2 aromatic rings. The number of nitrogen functional groups attached to an aromatic ring is 1. The molecule has 0 radical (unpaired) electrons. The van der Waals surface area contributed by atoms with E-state index in [1.807, 2.05) is 29.2 Å². The first-order valence-corrected chi connectivity index (χ1v) is 12.9. The van der Waals surface area contributed by atoms with E-state index < -0.39 is 18.6 Å². The van der Waals surface area contributed by atoms with Gasteiger partial charge in [0.2, 0.25) is 0 Å². The Morgan fingerprint density at radius 1 is 1.21 bits per heavy atom. The molecule has 2 aliphatic rings. The summed E-state index contributed by atoms with van der Waals surface area (Å²) in [5.41, 5.74) is 8.59. The fourth-order valence-corrected chi connectivity index (χ4v) is 5.38. The van der Waals surface area contributed by atoms with Crippen molar-refractivity contribution >= 4 is 23.0 Å². The van der Waals surface area contributed by atoms with E-state index in [9.17, 15) is 28.3 Å². The van der Waals surface area contributed by atoms with Crippen molar-refractivity contribution in [3.8, 4) is 11.8 Å². The molecule has 0 aromatic heterocycles. The SMILES string of the molecule is N#Cc1cccc(C2=CCC(C3(CNC(=O)Nc4cc(N)cc(O)c4)CCN(CCC(F)(F)F)CC3)C=C2)c1. The van der Waals surface area contributed by atoms with Gasteiger partial charge in [-0.2, -0.15) is 18.4 Å². The molecule has 4 rings (SSSR count). The minimum absolute atomic E-state index is 0.0355. The lowest BCUT2D eigenvalue weighted by atomic mass is 9.66. The summed E-state index contributed by atoms with van der Waals surface area (Å²) in [5, 5.41) is 24.6. The standard InChI is InChI=1S/C29H32F3N5O2/c30-29(31,32)10-13-37-11-8-28(9-12-37,19-35-27(39)36-25-15-24(34)16-26(38)17-25)23-6-4-21(5-7-23)22-3-1-2-20(14-22)18-33/h1-6,14-17,23,38H,7-13,19,34H2,(H2,35,36,39). The maximum absolute atomic E-state index is 12.8. The quantitative estimate of drug-likeness (QED) is 0.339. The summed E-state index contributed by atoms with van der Waals surface area (Å²) in [6.07, 6.45) is 3.20. The number of hydrogen-bond donors (Lipinski definition) is 4. The second kappa shape index (κ2) is 11.8. The van der Waals surface area contributed by atoms with E-state index in [0.29, 0.717) is 55.8 Å². The second-order valence-electron chi connectivity index (χ2n) is 10.2. The lowest BCUT2D eigenvalue weighted by Gasteiger charge is -2.46. The third-order valence-electron chi connectivity index (χ3n) is 7.57. The minimum atomic E-state index is -4.19. The van der Waals surface area contributed by atoms with Gasteiger partial charge in [-0.05, 0) is 73.0 Å². The van der Waals surface area contributed by atoms with E-state index in [4.69, 9.17) is 5.73 Å². The van der Waals surface area contributed by atoms with Gasteiger partial charge in [0.15, 0.2) is 0 Å². The fraction of sp³-hybridized carbons (Fsp3) is 0.379. The summed E-state index contributed by atoms with van der Waals surface area (Å²) < 4.78 is 38.3. The van der Waals surface area contributed by atoms with Gasteiger partial charge in [-0.1, -0.05) is 30.4 Å². The molecule has 1 unspecified atom stereocenters. The molecule has 7 nitrogen and oxygen atoms in total. The molecule has 1 fully saturated rings. The van der Waals surface area contributed by atoms with Crippen LogP contribution in [0.5, 0.6) is 5.75 Å². The van der Waals surface area contributed by atoms with Crippen LogP contribution in [0.1, 0.15) is 36.8 Å². The van der Waals surface area contributed by atoms with Crippen LogP contribution in [0.2, 0.25) is 0 Å². The summed E-state index contributed by atoms with van der Waals surface area (Å²) in [7, 11) is 0. The van der Waals surface area contributed by atoms with Crippen molar-refractivity contribution in [2.45, 2.75) is 31.9 Å². The third-order valence-corrected chi connectivity index (χ3v) is 7.57. The minimum Gasteiger partial charge on any atom is -0.508 e. The highest BCUT2D eigenvalue weighted by atomic mass is 19.4. The zero-order valence-electron chi connectivity index (χ0n) is 21.5. The predicted octanol–water partition coefficient (Wildman–Crippen LogP) is 5.66. The van der Waals surface area contributed by atoms with E-state index in [0.717, 1.165) is 11.1 Å². The van der Waals surface area contributed by atoms with Gasteiger partial charge in [0.1, 0.15) is 5.75 Å². The number of amides is 2. The smallest absolute Gasteiger partial charge is 0.390 e. The topological polar surface area (TPSA) is 114 Å². The number of nitriles is 1. The summed E-state index contributed by atoms with van der Waals surface area (Å²) in [6.45, 7) is 1.32. The van der Waals surface area contributed by atoms with Gasteiger partial charge in [0, 0.05) is 36.6 Å². The molecule has 0 bridgehead atoms. The van der Waals surface area contributed by atoms with E-state index in [1.165, 1.54) is 18.2 Å². The number of anilines is 2. The van der Waals surface area contributed by atoms with Crippen LogP contribution in [0, 0.1) is 22.7 Å². The fourth-order valence-electron chi connectivity index (χ4n) is 5.38. The molecule has 1 atom stereocenters. The van der Waals surface area contributed by atoms with Crippen molar-refractivity contribution in [2.24, 2.45) is 11.3 Å². The van der Waals surface area contributed by atoms with Crippen LogP contribution >= 0.6 is 0 Å². The van der Waals surface area contributed by atoms with Gasteiger partial charge in [0.25, 0.3) is 0 Å². The van der Waals surface area contributed by atoms with Crippen molar-refractivity contribution in [1.82, 2.24) is 10.2 Å². The van der Waals surface area contributed by atoms with E-state index in [1.54, 1.807) is 6.07 Å². The molecule has 1 saturated heterocycles. The Labute approximate surface area is 225 Å². The molecule has 1 heterocycles. The van der Waals surface area contributed by atoms with Gasteiger partial charge in [-0.15, -0.1) is 0 Å². The maximum Gasteiger partial charge on any atom is 0.390 e. The molecule has 2 amide bonds. The molecule has 206 valence electrons. The number of urea groups is 1. The number of halogens is 3. The first kappa shape index (κ1) is 28.0. The zero-order chi connectivity index (χ0) is 28.0. The number of nitrogens with one attached hydrogen (secondary N) is 2. The van der Waals surface area contributed by atoms with E-state index in [-0.39, 0.29) is 23.6 Å². The van der Waals surface area contributed by atoms with Gasteiger partial charge >= 0.3 is 12.2 Å². The molecule has 10 heteroatoms. The number of phenols is 1. The molecular formula is C29H32F3N5O2. The number of piperidine rings is 1. The molecule has 1 aliphatic carbocycles. The van der Waals surface area contributed by atoms with Gasteiger partial charge < -0.3 is 26.4 Å². The van der Waals surface area contributed by atoms with Crippen LogP contribution in [0.25, 0.3) is 5.57 Å². The highest BCUT2D eigenvalue weighted by Gasteiger charge is 2.41. The number of rotatable bonds is 7. The van der Waals surface area contributed by atoms with Crippen LogP contribution in [0.15, 0.2) is 60.7 Å². The maximum atomic E-state index is 12.8. The first-order chi connectivity index (χ1) is 18.5. The Morgan fingerprint density at radius 3 is 2.62 bits per heavy atom. The number of nitrogens with zero attached hydrogens (tertiary/aromatic N) is 2. The molecule has 39 heavy (non-hydrogen) atoms. The molecular weight excluding hydrogens is 507 g/mol. The lowest BCUT2D eigenvalue weighted by molar-refractivity contribution is -0.139. The van der Waals surface area contributed by atoms with Crippen molar-refractivity contribution < 1.29 is 23.1 Å². The number of aromatic hydroxyl groups is 1. The van der Waals surface area contributed by atoms with Crippen molar-refractivity contribution in [3.63, 3.8) is 0 Å². The Kier molecular flexibility index (Phi) is 8.51. The van der Waals surface area contributed by atoms with Crippen LogP contribution in [-0.2, 0) is 0 Å². The second-order valence-corrected chi connectivity index (χ2v) is 10.2. The summed E-state index contributed by atoms with van der Waals surface area (Å²) in [4.78, 5) is 14.6. The first-order valence-electron chi connectivity index (χ1n) is 12.9. The number of alkyl halides is 3. The number of carbonyl (C=O) groups excluding carboxylic acids is 1. The summed E-state index contributed by atoms with van der Waals surface area (Å²) in [6, 6.07) is 13.4. The van der Waals surface area contributed by atoms with E-state index >= 15 is 0 Å². The van der Waals surface area contributed by atoms with Crippen LogP contribution in [-0.4, -0.2) is 48.4 Å². The van der Waals surface area contributed by atoms with Crippen molar-refractivity contribution in [1.29, 1.82) is 5.26 Å². The Morgan fingerprint density at radius 2 is 1.97 bits per heavy atom. The van der Waals surface area contributed by atoms with Gasteiger partial charge in [0.05, 0.1) is 18.1 Å². The highest BCUT2D eigenvalue weighted by molar-refractivity contribution is 5.90. The summed E-state index contributed by atoms with van der Waals surface area (Å²) >= 11 is 0. The van der Waals surface area contributed by atoms with Gasteiger partial charge in [-0.25, -0.2) is 4.79 Å². The largest absolute Gasteiger partial charge is 0.508 e. The normalized spacial score (nSPS) is 19.1. The number of carbonyl (C=O) groups is 1. The van der Waals surface area contributed by atoms with Crippen LogP contribution in [0.4, 0.5) is 29.3 Å². The highest BCUT2D eigenvalue weighted by Crippen LogP contribution is 2.44. The van der Waals surface area contributed by atoms with Gasteiger partial charge in [-0.3, -0.25) is 0 Å². The van der Waals surface area contributed by atoms with Crippen LogP contribution < -0.4 is 16.4 Å². The number of hydrogen-bond acceptors (Lipinski definition) is 5. The zero-order valence-corrected chi connectivity index (χ0v) is 21.5. The van der Waals surface area contributed by atoms with Crippen LogP contribution in [0.3, 0.4) is 0 Å². The average molecular weight is 540 g/mol. The summed E-state index contributed by atoms with van der Waals surface area (Å²) in [5.74, 6) is 0.00474. The molecule has 1 aliphatic heterocycles.